The van der Waals surface area contributed by atoms with Crippen molar-refractivity contribution >= 4 is 15.9 Å². The highest BCUT2D eigenvalue weighted by molar-refractivity contribution is 7.89. The maximum atomic E-state index is 11.9. The molecule has 0 bridgehead atoms. The van der Waals surface area contributed by atoms with Gasteiger partial charge in [-0.05, 0) is 50.5 Å². The summed E-state index contributed by atoms with van der Waals surface area (Å²) in [6.45, 7) is 5.58. The van der Waals surface area contributed by atoms with E-state index in [0.29, 0.717) is 5.56 Å². The van der Waals surface area contributed by atoms with E-state index >= 15 is 0 Å². The summed E-state index contributed by atoms with van der Waals surface area (Å²) in [6.07, 6.45) is 4.60. The van der Waals surface area contributed by atoms with E-state index in [1.165, 1.54) is 24.3 Å². The summed E-state index contributed by atoms with van der Waals surface area (Å²) in [5.74, 6) is -0.225. The van der Waals surface area contributed by atoms with Crippen LogP contribution < -0.4 is 10.5 Å². The Labute approximate surface area is 119 Å². The molecule has 1 atom stereocenters. The van der Waals surface area contributed by atoms with Crippen LogP contribution in [0.25, 0.3) is 0 Å². The summed E-state index contributed by atoms with van der Waals surface area (Å²) in [4.78, 5) is 11.9. The highest BCUT2D eigenvalue weighted by Gasteiger charge is 2.12. The number of unbranched alkanes of at least 4 members (excludes halogenated alkanes) is 1. The monoisotopic (exact) mass is 296 g/mol. The Balaban J connectivity index is 2.62. The standard InChI is InChI=1S/C14H20N2O3S/c1-3-4-5-6-11(2)16-14(17)12-7-9-13(10-8-12)20(15,18)19/h3,7-11H,1,4-6H2,2H3,(H,16,17)(H2,15,18,19)/t11-/m0/s1. The zero-order valence-electron chi connectivity index (χ0n) is 11.5. The zero-order valence-corrected chi connectivity index (χ0v) is 12.3. The van der Waals surface area contributed by atoms with E-state index < -0.39 is 10.0 Å². The number of amides is 1. The summed E-state index contributed by atoms with van der Waals surface area (Å²) >= 11 is 0. The molecule has 0 aliphatic heterocycles. The van der Waals surface area contributed by atoms with Crippen molar-refractivity contribution in [3.8, 4) is 0 Å². The molecule has 0 aliphatic rings. The second-order valence-corrected chi connectivity index (χ2v) is 6.22. The largest absolute Gasteiger partial charge is 0.350 e. The van der Waals surface area contributed by atoms with Crippen LogP contribution in [-0.2, 0) is 10.0 Å². The fourth-order valence-electron chi connectivity index (χ4n) is 1.74. The van der Waals surface area contributed by atoms with E-state index in [0.717, 1.165) is 19.3 Å². The van der Waals surface area contributed by atoms with Crippen LogP contribution in [0.2, 0.25) is 0 Å². The molecule has 0 saturated heterocycles. The van der Waals surface area contributed by atoms with E-state index in [1.54, 1.807) is 0 Å². The lowest BCUT2D eigenvalue weighted by Crippen LogP contribution is -2.32. The highest BCUT2D eigenvalue weighted by atomic mass is 32.2. The molecule has 20 heavy (non-hydrogen) atoms. The van der Waals surface area contributed by atoms with Crippen LogP contribution in [0, 0.1) is 0 Å². The lowest BCUT2D eigenvalue weighted by atomic mass is 10.1. The third-order valence-electron chi connectivity index (χ3n) is 2.87. The van der Waals surface area contributed by atoms with E-state index in [-0.39, 0.29) is 16.8 Å². The molecule has 0 fully saturated rings. The fraction of sp³-hybridized carbons (Fsp3) is 0.357. The normalized spacial score (nSPS) is 12.7. The van der Waals surface area contributed by atoms with Crippen LogP contribution in [0.4, 0.5) is 0 Å². The van der Waals surface area contributed by atoms with Gasteiger partial charge in [0.2, 0.25) is 10.0 Å². The van der Waals surface area contributed by atoms with Gasteiger partial charge in [-0.2, -0.15) is 0 Å². The molecule has 0 heterocycles. The third kappa shape index (κ3) is 5.14. The first-order valence-electron chi connectivity index (χ1n) is 6.39. The van der Waals surface area contributed by atoms with Gasteiger partial charge in [0.1, 0.15) is 0 Å². The van der Waals surface area contributed by atoms with Crippen LogP contribution >= 0.6 is 0 Å². The number of hydrogen-bond acceptors (Lipinski definition) is 3. The summed E-state index contributed by atoms with van der Waals surface area (Å²) in [6, 6.07) is 5.61. The number of nitrogens with one attached hydrogen (secondary N) is 1. The van der Waals surface area contributed by atoms with Crippen LogP contribution in [0.5, 0.6) is 0 Å². The molecule has 1 amide bonds. The Hall–Kier alpha value is -1.66. The van der Waals surface area contributed by atoms with Crippen molar-refractivity contribution in [2.24, 2.45) is 5.14 Å². The van der Waals surface area contributed by atoms with E-state index in [1.807, 2.05) is 13.0 Å². The minimum Gasteiger partial charge on any atom is -0.350 e. The number of rotatable bonds is 7. The van der Waals surface area contributed by atoms with Crippen molar-refractivity contribution in [1.82, 2.24) is 5.32 Å². The van der Waals surface area contributed by atoms with Crippen LogP contribution in [-0.4, -0.2) is 20.4 Å². The molecule has 1 aromatic carbocycles. The number of carbonyl (C=O) groups is 1. The molecule has 0 aliphatic carbocycles. The predicted octanol–water partition coefficient (Wildman–Crippen LogP) is 1.81. The molecular weight excluding hydrogens is 276 g/mol. The molecular formula is C14H20N2O3S. The molecule has 0 radical (unpaired) electrons. The first-order chi connectivity index (χ1) is 9.34. The lowest BCUT2D eigenvalue weighted by Gasteiger charge is -2.13. The number of carbonyl (C=O) groups excluding carboxylic acids is 1. The number of nitrogens with two attached hydrogens (primary N) is 1. The third-order valence-corrected chi connectivity index (χ3v) is 3.80. The van der Waals surface area contributed by atoms with Gasteiger partial charge in [-0.1, -0.05) is 6.08 Å². The first-order valence-corrected chi connectivity index (χ1v) is 7.94. The lowest BCUT2D eigenvalue weighted by molar-refractivity contribution is 0.0938. The van der Waals surface area contributed by atoms with Crippen molar-refractivity contribution in [3.63, 3.8) is 0 Å². The molecule has 5 nitrogen and oxygen atoms in total. The van der Waals surface area contributed by atoms with Gasteiger partial charge in [-0.25, -0.2) is 13.6 Å². The Morgan fingerprint density at radius 1 is 1.40 bits per heavy atom. The van der Waals surface area contributed by atoms with Gasteiger partial charge in [0.05, 0.1) is 4.90 Å². The topological polar surface area (TPSA) is 89.3 Å². The van der Waals surface area contributed by atoms with Gasteiger partial charge < -0.3 is 5.32 Å². The number of benzene rings is 1. The number of allylic oxidation sites excluding steroid dienone is 1. The van der Waals surface area contributed by atoms with Crippen molar-refractivity contribution in [3.05, 3.63) is 42.5 Å². The van der Waals surface area contributed by atoms with Crippen molar-refractivity contribution in [2.75, 3.05) is 0 Å². The molecule has 1 aromatic rings. The highest BCUT2D eigenvalue weighted by Crippen LogP contribution is 2.09. The maximum absolute atomic E-state index is 11.9. The van der Waals surface area contributed by atoms with Gasteiger partial charge in [-0.3, -0.25) is 4.79 Å². The molecule has 3 N–H and O–H groups in total. The molecule has 110 valence electrons. The SMILES string of the molecule is C=CCCC[C@H](C)NC(=O)c1ccc(S(N)(=O)=O)cc1. The molecule has 6 heteroatoms. The number of hydrogen-bond donors (Lipinski definition) is 2. The Bertz CT molecular complexity index is 565. The minimum atomic E-state index is -3.72. The van der Waals surface area contributed by atoms with E-state index in [2.05, 4.69) is 11.9 Å². The van der Waals surface area contributed by atoms with Gasteiger partial charge >= 0.3 is 0 Å². The second-order valence-electron chi connectivity index (χ2n) is 4.66. The molecule has 0 aromatic heterocycles. The average Bonchev–Trinajstić information content (AvgIpc) is 2.38. The molecule has 1 rings (SSSR count). The van der Waals surface area contributed by atoms with E-state index in [4.69, 9.17) is 5.14 Å². The van der Waals surface area contributed by atoms with Gasteiger partial charge in [0.25, 0.3) is 5.91 Å². The summed E-state index contributed by atoms with van der Waals surface area (Å²) < 4.78 is 22.2. The Morgan fingerprint density at radius 3 is 2.50 bits per heavy atom. The average molecular weight is 296 g/mol. The van der Waals surface area contributed by atoms with Gasteiger partial charge in [-0.15, -0.1) is 6.58 Å². The Kier molecular flexibility index (Phi) is 5.91. The maximum Gasteiger partial charge on any atom is 0.251 e. The van der Waals surface area contributed by atoms with Crippen molar-refractivity contribution in [1.29, 1.82) is 0 Å². The van der Waals surface area contributed by atoms with Crippen molar-refractivity contribution in [2.45, 2.75) is 37.1 Å². The minimum absolute atomic E-state index is 0.00641. The van der Waals surface area contributed by atoms with Gasteiger partial charge in [0.15, 0.2) is 0 Å². The van der Waals surface area contributed by atoms with E-state index in [9.17, 15) is 13.2 Å². The molecule has 0 spiro atoms. The van der Waals surface area contributed by atoms with Crippen LogP contribution in [0.15, 0.2) is 41.8 Å². The second kappa shape index (κ2) is 7.21. The van der Waals surface area contributed by atoms with Crippen molar-refractivity contribution < 1.29 is 13.2 Å². The summed E-state index contributed by atoms with van der Waals surface area (Å²) in [5.41, 5.74) is 0.410. The summed E-state index contributed by atoms with van der Waals surface area (Å²) in [5, 5.41) is 7.85. The fourth-order valence-corrected chi connectivity index (χ4v) is 2.26. The zero-order chi connectivity index (χ0) is 15.2. The quantitative estimate of drug-likeness (QED) is 0.594. The smallest absolute Gasteiger partial charge is 0.251 e. The summed E-state index contributed by atoms with van der Waals surface area (Å²) in [7, 11) is -3.72. The number of sulfonamides is 1. The van der Waals surface area contributed by atoms with Gasteiger partial charge in [0, 0.05) is 11.6 Å². The predicted molar refractivity (Wildman–Crippen MR) is 78.8 cm³/mol. The molecule has 0 saturated carbocycles. The Morgan fingerprint density at radius 2 is 2.00 bits per heavy atom. The molecule has 0 unspecified atom stereocenters. The first kappa shape index (κ1) is 16.4. The number of primary sulfonamides is 1. The van der Waals surface area contributed by atoms with Crippen LogP contribution in [0.1, 0.15) is 36.5 Å². The van der Waals surface area contributed by atoms with Crippen LogP contribution in [0.3, 0.4) is 0 Å².